The molecule has 0 aliphatic heterocycles. The summed E-state index contributed by atoms with van der Waals surface area (Å²) in [5, 5.41) is 0. The summed E-state index contributed by atoms with van der Waals surface area (Å²) in [6.45, 7) is 0. The van der Waals surface area contributed by atoms with Gasteiger partial charge in [0.05, 0.1) is 7.85 Å². The maximum atomic E-state index is 5.42. The van der Waals surface area contributed by atoms with E-state index in [9.17, 15) is 0 Å². The molecule has 0 spiro atoms. The Labute approximate surface area is 376 Å². The first kappa shape index (κ1) is 50.3. The topological polar surface area (TPSA) is 0 Å². The van der Waals surface area contributed by atoms with Crippen LogP contribution in [-0.4, -0.2) is 13.4 Å². The lowest BCUT2D eigenvalue weighted by atomic mass is 10.1. The normalized spacial score (nSPS) is 4.70. The summed E-state index contributed by atoms with van der Waals surface area (Å²) in [7, 11) is 7.75. The first-order valence-corrected chi connectivity index (χ1v) is 16.4. The van der Waals surface area contributed by atoms with E-state index in [2.05, 4.69) is 359 Å². The molecule has 2 heteroatoms. The zero-order valence-electron chi connectivity index (χ0n) is 31.8. The number of terminal acetylenes is 1. The van der Waals surface area contributed by atoms with Crippen molar-refractivity contribution >= 4 is 17.1 Å². The molecule has 0 aliphatic carbocycles. The van der Waals surface area contributed by atoms with Gasteiger partial charge in [0.25, 0.3) is 0 Å². The second-order valence-electron chi connectivity index (χ2n) is 7.94. The van der Waals surface area contributed by atoms with Gasteiger partial charge in [0.1, 0.15) is 0 Å². The number of hydrogen-bond acceptors (Lipinski definition) is 0. The van der Waals surface area contributed by atoms with E-state index >= 15 is 0 Å². The van der Waals surface area contributed by atoms with Gasteiger partial charge >= 0.3 is 0 Å². The quantitative estimate of drug-likeness (QED) is 0.186. The molecule has 2 unspecified atom stereocenters. The van der Waals surface area contributed by atoms with Gasteiger partial charge in [-0.2, -0.15) is 0 Å². The van der Waals surface area contributed by atoms with Gasteiger partial charge in [0.15, 0.2) is 0 Å². The van der Waals surface area contributed by atoms with Crippen molar-refractivity contribution in [1.29, 1.82) is 0 Å². The van der Waals surface area contributed by atoms with Crippen LogP contribution in [0.5, 0.6) is 0 Å². The van der Waals surface area contributed by atoms with Crippen molar-refractivity contribution in [2.45, 2.75) is 5.56 Å². The first-order valence-electron chi connectivity index (χ1n) is 15.7. The smallest absolute Gasteiger partial charge is 0.0933 e. The summed E-state index contributed by atoms with van der Waals surface area (Å²) in [6, 6.07) is 0. The van der Waals surface area contributed by atoms with Gasteiger partial charge in [-0.15, -0.1) is 15.7 Å². The molecule has 256 valence electrons. The van der Waals surface area contributed by atoms with E-state index in [1.165, 1.54) is 0 Å². The average molecular weight is 778 g/mol. The van der Waals surface area contributed by atoms with E-state index in [0.717, 1.165) is 0 Å². The standard InChI is InChI=1S/C61H4BP/c1-2-3-4-5-6-7-8-9-10-11-12-13-14-15-16-17-18-19-20-21-22-23-24-25-26-27-28-29-30-31-32-33-34-35-36-37-38-39-40-41-42-43-44-45-46-47-48-49-50-51-52-53-54-55-56-57-58-59-60-61(62)63/h1,61H,63H2. The Bertz CT molecular complexity index is 3950. The Kier molecular flexibility index (Phi) is 37.8. The number of rotatable bonds is 0. The highest BCUT2D eigenvalue weighted by molar-refractivity contribution is 7.21. The maximum Gasteiger partial charge on any atom is 0.0933 e. The molecular weight excluding hydrogens is 774 g/mol. The fourth-order valence-corrected chi connectivity index (χ4v) is 1.96. The predicted molar refractivity (Wildman–Crippen MR) is 254 cm³/mol. The Morgan fingerprint density at radius 2 is 0.286 bits per heavy atom. The van der Waals surface area contributed by atoms with Gasteiger partial charge in [-0.1, -0.05) is 5.92 Å². The van der Waals surface area contributed by atoms with Gasteiger partial charge in [-0.05, 0) is 100 Å². The molecule has 0 saturated heterocycles. The molecule has 0 saturated carbocycles. The SMILES string of the molecule is [B]C(P)C#CC#CC#CC#CC#CC#CC#CC#CC#CC#CC#CC#CC#CC#CC#CC#CC#CC#CC#CC#CC#CC#CC#CC#CC#CC#CC#CC#CC#CC#C. The van der Waals surface area contributed by atoms with Crippen LogP contribution in [0.15, 0.2) is 0 Å². The molecule has 0 heterocycles. The lowest BCUT2D eigenvalue weighted by molar-refractivity contribution is 1.76. The van der Waals surface area contributed by atoms with E-state index in [1.54, 1.807) is 0 Å². The van der Waals surface area contributed by atoms with E-state index in [4.69, 9.17) is 14.3 Å². The van der Waals surface area contributed by atoms with Crippen molar-refractivity contribution in [2.24, 2.45) is 0 Å². The minimum absolute atomic E-state index is 0.317. The fraction of sp³-hybridized carbons (Fsp3) is 0.0164. The van der Waals surface area contributed by atoms with Crippen LogP contribution in [0.4, 0.5) is 0 Å². The largest absolute Gasteiger partial charge is 0.131 e. The van der Waals surface area contributed by atoms with E-state index in [0.29, 0.717) is 0 Å². The minimum atomic E-state index is -0.317. The summed E-state index contributed by atoms with van der Waals surface area (Å²) >= 11 is 0. The van der Waals surface area contributed by atoms with Crippen molar-refractivity contribution in [1.82, 2.24) is 0 Å². The second-order valence-corrected chi connectivity index (χ2v) is 8.66. The lowest BCUT2D eigenvalue weighted by Crippen LogP contribution is -1.87. The Hall–Kier alpha value is -12.7. The van der Waals surface area contributed by atoms with Crippen LogP contribution in [0.2, 0.25) is 0 Å². The molecule has 63 heavy (non-hydrogen) atoms. The third-order valence-electron chi connectivity index (χ3n) is 3.81. The van der Waals surface area contributed by atoms with Gasteiger partial charge in [-0.3, -0.25) is 0 Å². The molecule has 0 aromatic rings. The lowest BCUT2D eigenvalue weighted by Gasteiger charge is -1.82. The van der Waals surface area contributed by atoms with Crippen molar-refractivity contribution in [2.75, 3.05) is 0 Å². The van der Waals surface area contributed by atoms with Crippen LogP contribution in [0.25, 0.3) is 0 Å². The molecule has 2 radical (unpaired) electrons. The van der Waals surface area contributed by atoms with Crippen molar-refractivity contribution in [3.63, 3.8) is 0 Å². The minimum Gasteiger partial charge on any atom is -0.131 e. The van der Waals surface area contributed by atoms with Crippen LogP contribution in [0.3, 0.4) is 0 Å². The van der Waals surface area contributed by atoms with Crippen molar-refractivity contribution < 1.29 is 0 Å². The summed E-state index contributed by atoms with van der Waals surface area (Å²) < 4.78 is 0. The van der Waals surface area contributed by atoms with Crippen LogP contribution in [-0.2, 0) is 0 Å². The molecule has 2 atom stereocenters. The molecule has 0 fully saturated rings. The summed E-state index contributed by atoms with van der Waals surface area (Å²) in [5.41, 5.74) is -0.317. The summed E-state index contributed by atoms with van der Waals surface area (Å²) in [6.07, 6.45) is 4.94. The molecule has 0 aliphatic rings. The van der Waals surface area contributed by atoms with Crippen LogP contribution in [0.1, 0.15) is 0 Å². The van der Waals surface area contributed by atoms with Crippen molar-refractivity contribution in [3.8, 4) is 356 Å². The highest BCUT2D eigenvalue weighted by Crippen LogP contribution is 1.87. The van der Waals surface area contributed by atoms with Crippen LogP contribution in [0, 0.1) is 356 Å². The van der Waals surface area contributed by atoms with Crippen molar-refractivity contribution in [3.05, 3.63) is 0 Å². The molecule has 0 bridgehead atoms. The van der Waals surface area contributed by atoms with Gasteiger partial charge in [-0.25, -0.2) is 0 Å². The fourth-order valence-electron chi connectivity index (χ4n) is 1.87. The third-order valence-corrected chi connectivity index (χ3v) is 3.98. The highest BCUT2D eigenvalue weighted by Gasteiger charge is 1.77. The van der Waals surface area contributed by atoms with E-state index in [1.807, 2.05) is 0 Å². The molecule has 0 aromatic carbocycles. The molecule has 0 rings (SSSR count). The summed E-state index contributed by atoms with van der Waals surface area (Å²) in [5.74, 6) is 147. The monoisotopic (exact) mass is 778 g/mol. The zero-order chi connectivity index (χ0) is 45.3. The van der Waals surface area contributed by atoms with Crippen LogP contribution < -0.4 is 0 Å². The molecular formula is C61H4BP. The van der Waals surface area contributed by atoms with Crippen LogP contribution >= 0.6 is 9.24 Å². The van der Waals surface area contributed by atoms with Gasteiger partial charge in [0, 0.05) is 249 Å². The maximum absolute atomic E-state index is 5.42. The van der Waals surface area contributed by atoms with Gasteiger partial charge in [0.2, 0.25) is 0 Å². The van der Waals surface area contributed by atoms with E-state index < -0.39 is 0 Å². The zero-order valence-corrected chi connectivity index (χ0v) is 33.0. The third kappa shape index (κ3) is 49.3. The Morgan fingerprint density at radius 3 is 0.381 bits per heavy atom. The first-order chi connectivity index (χ1) is 31.3. The molecule has 0 amide bonds. The average Bonchev–Trinajstić information content (AvgIpc) is 3.28. The van der Waals surface area contributed by atoms with Gasteiger partial charge < -0.3 is 0 Å². The Morgan fingerprint density at radius 1 is 0.190 bits per heavy atom. The predicted octanol–water partition coefficient (Wildman–Crippen LogP) is 0.0879. The number of hydrogen-bond donors (Lipinski definition) is 0. The Balaban J connectivity index is 4.59. The molecule has 0 N–H and O–H groups in total. The summed E-state index contributed by atoms with van der Waals surface area (Å²) in [4.78, 5) is 0. The van der Waals surface area contributed by atoms with E-state index in [-0.39, 0.29) is 5.56 Å². The highest BCUT2D eigenvalue weighted by atomic mass is 31.0. The second kappa shape index (κ2) is 47.3. The molecule has 0 aromatic heterocycles. The molecule has 0 nitrogen and oxygen atoms in total.